The molecule has 0 bridgehead atoms. The third kappa shape index (κ3) is 4.82. The highest BCUT2D eigenvalue weighted by Gasteiger charge is 2.25. The predicted molar refractivity (Wildman–Crippen MR) is 114 cm³/mol. The van der Waals surface area contributed by atoms with Gasteiger partial charge in [0.1, 0.15) is 5.58 Å². The van der Waals surface area contributed by atoms with Crippen LogP contribution in [0.2, 0.25) is 0 Å². The number of ether oxygens (including phenoxy) is 1. The molecule has 0 aliphatic rings. The molecule has 6 heteroatoms. The zero-order chi connectivity index (χ0) is 20.1. The Morgan fingerprint density at radius 2 is 1.79 bits per heavy atom. The lowest BCUT2D eigenvalue weighted by molar-refractivity contribution is 0.0696. The molecule has 1 aromatic heterocycles. The van der Waals surface area contributed by atoms with E-state index < -0.39 is 0 Å². The molecule has 0 unspecified atom stereocenters. The molecule has 0 aliphatic carbocycles. The second-order valence-electron chi connectivity index (χ2n) is 7.00. The summed E-state index contributed by atoms with van der Waals surface area (Å²) in [5.74, 6) is 0.243. The fourth-order valence-electron chi connectivity index (χ4n) is 3.09. The maximum Gasteiger partial charge on any atom is 0.290 e. The van der Waals surface area contributed by atoms with E-state index in [1.165, 1.54) is 0 Å². The molecule has 0 atom stereocenters. The number of carbonyl (C=O) groups excluding carboxylic acids is 1. The molecule has 3 rings (SSSR count). The van der Waals surface area contributed by atoms with E-state index in [2.05, 4.69) is 20.8 Å². The number of likely N-dealkylation sites (N-methyl/N-ethyl adjacent to an activating group) is 1. The van der Waals surface area contributed by atoms with E-state index in [-0.39, 0.29) is 5.91 Å². The maximum atomic E-state index is 13.4. The summed E-state index contributed by atoms with van der Waals surface area (Å²) in [6, 6.07) is 15.7. The fourth-order valence-corrected chi connectivity index (χ4v) is 3.35. The summed E-state index contributed by atoms with van der Waals surface area (Å²) in [6.07, 6.45) is 0. The van der Waals surface area contributed by atoms with Crippen molar-refractivity contribution in [2.45, 2.75) is 13.2 Å². The van der Waals surface area contributed by atoms with Crippen LogP contribution >= 0.6 is 15.9 Å². The van der Waals surface area contributed by atoms with Gasteiger partial charge in [0, 0.05) is 42.2 Å². The van der Waals surface area contributed by atoms with Crippen LogP contribution in [0.1, 0.15) is 21.7 Å². The second-order valence-corrected chi connectivity index (χ2v) is 7.91. The van der Waals surface area contributed by atoms with Crippen molar-refractivity contribution in [2.24, 2.45) is 0 Å². The fraction of sp³-hybridized carbons (Fsp3) is 0.318. The largest absolute Gasteiger partial charge is 0.451 e. The molecule has 0 aliphatic heterocycles. The number of halogens is 1. The summed E-state index contributed by atoms with van der Waals surface area (Å²) in [5, 5.41) is 0.920. The molecule has 148 valence electrons. The van der Waals surface area contributed by atoms with Gasteiger partial charge in [-0.05, 0) is 37.9 Å². The molecule has 0 radical (unpaired) electrons. The lowest BCUT2D eigenvalue weighted by Gasteiger charge is -2.24. The summed E-state index contributed by atoms with van der Waals surface area (Å²) in [6.45, 7) is 2.22. The summed E-state index contributed by atoms with van der Waals surface area (Å²) >= 11 is 3.46. The van der Waals surface area contributed by atoms with Crippen molar-refractivity contribution < 1.29 is 13.9 Å². The summed E-state index contributed by atoms with van der Waals surface area (Å²) in [5.41, 5.74) is 2.57. The lowest BCUT2D eigenvalue weighted by Crippen LogP contribution is -2.36. The zero-order valence-electron chi connectivity index (χ0n) is 16.4. The van der Waals surface area contributed by atoms with Crippen molar-refractivity contribution in [2.75, 3.05) is 34.3 Å². The molecule has 0 spiro atoms. The minimum Gasteiger partial charge on any atom is -0.451 e. The van der Waals surface area contributed by atoms with Crippen LogP contribution < -0.4 is 0 Å². The Hall–Kier alpha value is -2.15. The highest BCUT2D eigenvalue weighted by atomic mass is 79.9. The van der Waals surface area contributed by atoms with E-state index in [0.29, 0.717) is 31.0 Å². The molecule has 28 heavy (non-hydrogen) atoms. The van der Waals surface area contributed by atoms with Crippen LogP contribution in [0.3, 0.4) is 0 Å². The minimum atomic E-state index is -0.118. The van der Waals surface area contributed by atoms with Crippen molar-refractivity contribution in [1.82, 2.24) is 9.80 Å². The number of carbonyl (C=O) groups is 1. The third-order valence-corrected chi connectivity index (χ3v) is 5.10. The SMILES string of the molecule is COCc1c(C(=O)N(CCN(C)C)Cc2ccc(Br)cc2)oc2ccccc12. The van der Waals surface area contributed by atoms with E-state index in [1.54, 1.807) is 7.11 Å². The van der Waals surface area contributed by atoms with Crippen LogP contribution in [0.5, 0.6) is 0 Å². The number of amides is 1. The quantitative estimate of drug-likeness (QED) is 0.511. The van der Waals surface area contributed by atoms with Gasteiger partial charge in [-0.1, -0.05) is 46.3 Å². The lowest BCUT2D eigenvalue weighted by atomic mass is 10.1. The topological polar surface area (TPSA) is 45.9 Å². The minimum absolute atomic E-state index is 0.118. The Morgan fingerprint density at radius 3 is 2.46 bits per heavy atom. The van der Waals surface area contributed by atoms with Crippen molar-refractivity contribution in [3.8, 4) is 0 Å². The van der Waals surface area contributed by atoms with Crippen LogP contribution in [0.25, 0.3) is 11.0 Å². The van der Waals surface area contributed by atoms with Gasteiger partial charge in [0.15, 0.2) is 5.76 Å². The molecule has 0 fully saturated rings. The van der Waals surface area contributed by atoms with Gasteiger partial charge >= 0.3 is 0 Å². The van der Waals surface area contributed by atoms with Gasteiger partial charge in [0.05, 0.1) is 6.61 Å². The molecule has 3 aromatic rings. The van der Waals surface area contributed by atoms with E-state index in [4.69, 9.17) is 9.15 Å². The van der Waals surface area contributed by atoms with Crippen molar-refractivity contribution in [3.63, 3.8) is 0 Å². The number of methoxy groups -OCH3 is 1. The van der Waals surface area contributed by atoms with E-state index in [1.807, 2.05) is 67.5 Å². The van der Waals surface area contributed by atoms with Gasteiger partial charge in [-0.15, -0.1) is 0 Å². The van der Waals surface area contributed by atoms with Crippen LogP contribution in [0.15, 0.2) is 57.4 Å². The molecule has 0 N–H and O–H groups in total. The van der Waals surface area contributed by atoms with Gasteiger partial charge < -0.3 is 19.0 Å². The first-order valence-corrected chi connectivity index (χ1v) is 9.96. The van der Waals surface area contributed by atoms with E-state index >= 15 is 0 Å². The Kier molecular flexibility index (Phi) is 6.88. The maximum absolute atomic E-state index is 13.4. The molecule has 1 amide bonds. The average Bonchev–Trinajstić information content (AvgIpc) is 3.05. The average molecular weight is 445 g/mol. The third-order valence-electron chi connectivity index (χ3n) is 4.57. The van der Waals surface area contributed by atoms with Crippen LogP contribution in [-0.4, -0.2) is 50.0 Å². The molecule has 5 nitrogen and oxygen atoms in total. The number of rotatable bonds is 8. The van der Waals surface area contributed by atoms with Gasteiger partial charge in [-0.3, -0.25) is 4.79 Å². The molecule has 0 saturated heterocycles. The molecular formula is C22H25BrN2O3. The summed E-state index contributed by atoms with van der Waals surface area (Å²) < 4.78 is 12.3. The number of furan rings is 1. The highest BCUT2D eigenvalue weighted by Crippen LogP contribution is 2.28. The Labute approximate surface area is 174 Å². The highest BCUT2D eigenvalue weighted by molar-refractivity contribution is 9.10. The van der Waals surface area contributed by atoms with Crippen LogP contribution in [0.4, 0.5) is 0 Å². The monoisotopic (exact) mass is 444 g/mol. The predicted octanol–water partition coefficient (Wildman–Crippen LogP) is 4.55. The van der Waals surface area contributed by atoms with Gasteiger partial charge in [0.2, 0.25) is 0 Å². The Balaban J connectivity index is 1.94. The van der Waals surface area contributed by atoms with E-state index in [0.717, 1.165) is 27.5 Å². The molecule has 0 saturated carbocycles. The van der Waals surface area contributed by atoms with Gasteiger partial charge in [-0.25, -0.2) is 0 Å². The first-order valence-electron chi connectivity index (χ1n) is 9.17. The van der Waals surface area contributed by atoms with Crippen molar-refractivity contribution in [1.29, 1.82) is 0 Å². The standard InChI is InChI=1S/C22H25BrN2O3/c1-24(2)12-13-25(14-16-8-10-17(23)11-9-16)22(26)21-19(15-27-3)18-6-4-5-7-20(18)28-21/h4-11H,12-15H2,1-3H3. The summed E-state index contributed by atoms with van der Waals surface area (Å²) in [4.78, 5) is 17.3. The first kappa shape index (κ1) is 20.6. The molecule has 2 aromatic carbocycles. The zero-order valence-corrected chi connectivity index (χ0v) is 18.0. The number of benzene rings is 2. The van der Waals surface area contributed by atoms with Gasteiger partial charge in [-0.2, -0.15) is 0 Å². The van der Waals surface area contributed by atoms with Crippen molar-refractivity contribution in [3.05, 3.63) is 69.9 Å². The smallest absolute Gasteiger partial charge is 0.290 e. The number of nitrogens with zero attached hydrogens (tertiary/aromatic N) is 2. The van der Waals surface area contributed by atoms with Crippen LogP contribution in [-0.2, 0) is 17.9 Å². The Bertz CT molecular complexity index is 935. The van der Waals surface area contributed by atoms with Gasteiger partial charge in [0.25, 0.3) is 5.91 Å². The Morgan fingerprint density at radius 1 is 1.07 bits per heavy atom. The van der Waals surface area contributed by atoms with Crippen molar-refractivity contribution >= 4 is 32.8 Å². The molecule has 1 heterocycles. The second kappa shape index (κ2) is 9.37. The van der Waals surface area contributed by atoms with Crippen LogP contribution in [0, 0.1) is 0 Å². The number of fused-ring (bicyclic) bond motifs is 1. The first-order chi connectivity index (χ1) is 13.5. The number of hydrogen-bond acceptors (Lipinski definition) is 4. The number of hydrogen-bond donors (Lipinski definition) is 0. The number of para-hydroxylation sites is 1. The molecular weight excluding hydrogens is 420 g/mol. The summed E-state index contributed by atoms with van der Waals surface area (Å²) in [7, 11) is 5.63. The normalized spacial score (nSPS) is 11.3. The van der Waals surface area contributed by atoms with E-state index in [9.17, 15) is 4.79 Å².